The highest BCUT2D eigenvalue weighted by Crippen LogP contribution is 2.35. The van der Waals surface area contributed by atoms with Crippen molar-refractivity contribution in [3.63, 3.8) is 0 Å². The summed E-state index contributed by atoms with van der Waals surface area (Å²) in [5, 5.41) is 17.7. The first-order valence-electron chi connectivity index (χ1n) is 4.56. The molecule has 0 aliphatic heterocycles. The zero-order valence-corrected chi connectivity index (χ0v) is 8.45. The summed E-state index contributed by atoms with van der Waals surface area (Å²) in [6, 6.07) is 2.73. The predicted octanol–water partition coefficient (Wildman–Crippen LogP) is 0.784. The number of hydrogen-bond acceptors (Lipinski definition) is 3. The second kappa shape index (κ2) is 4.75. The highest BCUT2D eigenvalue weighted by atomic mass is 19.4. The van der Waals surface area contributed by atoms with Gasteiger partial charge in [-0.3, -0.25) is 0 Å². The van der Waals surface area contributed by atoms with Crippen LogP contribution in [0.2, 0.25) is 0 Å². The summed E-state index contributed by atoms with van der Waals surface area (Å²) in [7, 11) is -1.82. The molecule has 0 amide bonds. The number of alkyl halides is 3. The molecule has 1 rings (SSSR count). The molecule has 0 unspecified atom stereocenters. The largest absolute Gasteiger partial charge is 0.493 e. The average molecular weight is 234 g/mol. The van der Waals surface area contributed by atoms with Crippen LogP contribution in [0.5, 0.6) is 5.75 Å². The molecule has 0 heterocycles. The first kappa shape index (κ1) is 12.9. The Morgan fingerprint density at radius 2 is 1.94 bits per heavy atom. The molecule has 0 saturated heterocycles. The molecule has 88 valence electrons. The lowest BCUT2D eigenvalue weighted by Crippen LogP contribution is -2.30. The van der Waals surface area contributed by atoms with E-state index in [4.69, 9.17) is 14.8 Å². The molecule has 0 bridgehead atoms. The van der Waals surface area contributed by atoms with E-state index in [-0.39, 0.29) is 12.1 Å². The van der Waals surface area contributed by atoms with Gasteiger partial charge >= 0.3 is 13.3 Å². The Bertz CT molecular complexity index is 366. The van der Waals surface area contributed by atoms with Crippen molar-refractivity contribution in [2.75, 3.05) is 6.61 Å². The van der Waals surface area contributed by atoms with Crippen LogP contribution in [0.25, 0.3) is 0 Å². The minimum Gasteiger partial charge on any atom is -0.493 e. The van der Waals surface area contributed by atoms with Gasteiger partial charge in [0.05, 0.1) is 12.2 Å². The molecule has 0 aromatic heterocycles. The van der Waals surface area contributed by atoms with Gasteiger partial charge in [-0.2, -0.15) is 13.2 Å². The van der Waals surface area contributed by atoms with Crippen LogP contribution >= 0.6 is 0 Å². The Labute approximate surface area is 90.6 Å². The van der Waals surface area contributed by atoms with E-state index >= 15 is 0 Å². The summed E-state index contributed by atoms with van der Waals surface area (Å²) < 4.78 is 42.3. The number of benzene rings is 1. The van der Waals surface area contributed by atoms with Gasteiger partial charge in [0, 0.05) is 0 Å². The fraction of sp³-hybridized carbons (Fsp3) is 0.333. The number of ether oxygens (including phenoxy) is 1. The fourth-order valence-corrected chi connectivity index (χ4v) is 1.21. The SMILES string of the molecule is CCOc1cc(B(O)O)ccc1C(F)(F)F. The van der Waals surface area contributed by atoms with E-state index in [0.717, 1.165) is 18.2 Å². The molecule has 1 aromatic rings. The molecule has 7 heteroatoms. The number of halogens is 3. The molecular formula is C9H10BF3O3. The van der Waals surface area contributed by atoms with Gasteiger partial charge in [0.1, 0.15) is 5.75 Å². The Morgan fingerprint density at radius 1 is 1.31 bits per heavy atom. The van der Waals surface area contributed by atoms with Crippen LogP contribution in [0.3, 0.4) is 0 Å². The molecule has 2 N–H and O–H groups in total. The summed E-state index contributed by atoms with van der Waals surface area (Å²) in [6.45, 7) is 1.61. The third-order valence-electron chi connectivity index (χ3n) is 1.91. The van der Waals surface area contributed by atoms with Crippen LogP contribution < -0.4 is 10.2 Å². The smallest absolute Gasteiger partial charge is 0.488 e. The van der Waals surface area contributed by atoms with Gasteiger partial charge in [-0.05, 0) is 24.5 Å². The second-order valence-corrected chi connectivity index (χ2v) is 3.06. The van der Waals surface area contributed by atoms with Crippen molar-refractivity contribution >= 4 is 12.6 Å². The van der Waals surface area contributed by atoms with E-state index in [1.165, 1.54) is 0 Å². The minimum absolute atomic E-state index is 0.0450. The molecule has 1 aromatic carbocycles. The molecule has 0 aliphatic rings. The maximum absolute atomic E-state index is 12.5. The van der Waals surface area contributed by atoms with E-state index in [1.807, 2.05) is 0 Å². The Morgan fingerprint density at radius 3 is 2.38 bits per heavy atom. The third kappa shape index (κ3) is 2.90. The number of hydrogen-bond donors (Lipinski definition) is 2. The second-order valence-electron chi connectivity index (χ2n) is 3.06. The van der Waals surface area contributed by atoms with Crippen LogP contribution in [0.15, 0.2) is 18.2 Å². The minimum atomic E-state index is -4.52. The van der Waals surface area contributed by atoms with Crippen molar-refractivity contribution in [2.45, 2.75) is 13.1 Å². The molecule has 3 nitrogen and oxygen atoms in total. The van der Waals surface area contributed by atoms with E-state index in [2.05, 4.69) is 0 Å². The summed E-state index contributed by atoms with van der Waals surface area (Å²) >= 11 is 0. The maximum atomic E-state index is 12.5. The van der Waals surface area contributed by atoms with E-state index in [1.54, 1.807) is 6.92 Å². The molecule has 0 radical (unpaired) electrons. The molecule has 0 saturated carbocycles. The highest BCUT2D eigenvalue weighted by molar-refractivity contribution is 6.58. The molecule has 0 atom stereocenters. The van der Waals surface area contributed by atoms with Gasteiger partial charge in [0.2, 0.25) is 0 Å². The first-order valence-corrected chi connectivity index (χ1v) is 4.56. The molecule has 0 fully saturated rings. The molecule has 16 heavy (non-hydrogen) atoms. The number of rotatable bonds is 3. The topological polar surface area (TPSA) is 49.7 Å². The van der Waals surface area contributed by atoms with Crippen LogP contribution in [0.4, 0.5) is 13.2 Å². The van der Waals surface area contributed by atoms with Gasteiger partial charge in [-0.1, -0.05) is 6.07 Å². The van der Waals surface area contributed by atoms with Crippen molar-refractivity contribution < 1.29 is 28.0 Å². The van der Waals surface area contributed by atoms with Gasteiger partial charge in [0.15, 0.2) is 0 Å². The van der Waals surface area contributed by atoms with Gasteiger partial charge < -0.3 is 14.8 Å². The quantitative estimate of drug-likeness (QED) is 0.760. The van der Waals surface area contributed by atoms with Crippen LogP contribution in [-0.2, 0) is 6.18 Å². The summed E-state index contributed by atoms with van der Waals surface area (Å²) in [5.41, 5.74) is -0.977. The Kier molecular flexibility index (Phi) is 3.82. The lowest BCUT2D eigenvalue weighted by atomic mass is 9.80. The summed E-state index contributed by atoms with van der Waals surface area (Å²) in [4.78, 5) is 0. The fourth-order valence-electron chi connectivity index (χ4n) is 1.21. The monoisotopic (exact) mass is 234 g/mol. The van der Waals surface area contributed by atoms with E-state index in [0.29, 0.717) is 0 Å². The normalized spacial score (nSPS) is 11.4. The van der Waals surface area contributed by atoms with Crippen molar-refractivity contribution in [2.24, 2.45) is 0 Å². The standard InChI is InChI=1S/C9H10BF3O3/c1-2-16-8-5-6(10(14)15)3-4-7(8)9(11,12)13/h3-5,14-15H,2H2,1H3. The van der Waals surface area contributed by atoms with Crippen molar-refractivity contribution in [3.8, 4) is 5.75 Å². The lowest BCUT2D eigenvalue weighted by Gasteiger charge is -2.14. The van der Waals surface area contributed by atoms with Gasteiger partial charge in [0.25, 0.3) is 0 Å². The van der Waals surface area contributed by atoms with Crippen molar-refractivity contribution in [1.29, 1.82) is 0 Å². The molecular weight excluding hydrogens is 224 g/mol. The van der Waals surface area contributed by atoms with Crippen molar-refractivity contribution in [3.05, 3.63) is 23.8 Å². The molecule has 0 aliphatic carbocycles. The van der Waals surface area contributed by atoms with Crippen LogP contribution in [0, 0.1) is 0 Å². The van der Waals surface area contributed by atoms with E-state index < -0.39 is 24.6 Å². The van der Waals surface area contributed by atoms with Crippen LogP contribution in [-0.4, -0.2) is 23.8 Å². The zero-order chi connectivity index (χ0) is 12.3. The Balaban J connectivity index is 3.19. The van der Waals surface area contributed by atoms with Gasteiger partial charge in [-0.25, -0.2) is 0 Å². The van der Waals surface area contributed by atoms with Crippen LogP contribution in [0.1, 0.15) is 12.5 Å². The Hall–Kier alpha value is -1.21. The predicted molar refractivity (Wildman–Crippen MR) is 52.4 cm³/mol. The van der Waals surface area contributed by atoms with Gasteiger partial charge in [-0.15, -0.1) is 0 Å². The van der Waals surface area contributed by atoms with E-state index in [9.17, 15) is 13.2 Å². The summed E-state index contributed by atoms with van der Waals surface area (Å²) in [5.74, 6) is -0.402. The average Bonchev–Trinajstić information content (AvgIpc) is 2.16. The maximum Gasteiger partial charge on any atom is 0.488 e. The summed E-state index contributed by atoms with van der Waals surface area (Å²) in [6.07, 6.45) is -4.52. The lowest BCUT2D eigenvalue weighted by molar-refractivity contribution is -0.138. The highest BCUT2D eigenvalue weighted by Gasteiger charge is 2.34. The molecule has 0 spiro atoms. The van der Waals surface area contributed by atoms with Crippen molar-refractivity contribution in [1.82, 2.24) is 0 Å². The zero-order valence-electron chi connectivity index (χ0n) is 8.45. The third-order valence-corrected chi connectivity index (χ3v) is 1.91. The first-order chi connectivity index (χ1) is 7.36.